The first kappa shape index (κ1) is 18.5. The molecule has 0 radical (unpaired) electrons. The van der Waals surface area contributed by atoms with Crippen molar-refractivity contribution in [1.82, 2.24) is 5.01 Å². The largest absolute Gasteiger partial charge is 0.483 e. The van der Waals surface area contributed by atoms with Crippen LogP contribution in [0.4, 0.5) is 0 Å². The average Bonchev–Trinajstić information content (AvgIpc) is 3.11. The van der Waals surface area contributed by atoms with Crippen LogP contribution in [-0.2, 0) is 11.4 Å². The molecule has 130 valence electrons. The first-order valence-corrected chi connectivity index (χ1v) is 9.36. The Balaban J connectivity index is 1.64. The van der Waals surface area contributed by atoms with Gasteiger partial charge >= 0.3 is 0 Å². The molecule has 10 heteroatoms. The maximum Gasteiger partial charge on any atom is 0.259 e. The summed E-state index contributed by atoms with van der Waals surface area (Å²) in [5, 5.41) is 6.24. The number of amides is 1. The fraction of sp³-hybridized carbons (Fsp3) is 0.133. The van der Waals surface area contributed by atoms with Crippen molar-refractivity contribution in [3.63, 3.8) is 0 Å². The van der Waals surface area contributed by atoms with Gasteiger partial charge in [-0.25, -0.2) is 0 Å². The predicted molar refractivity (Wildman–Crippen MR) is 104 cm³/mol. The molecule has 0 atom stereocenters. The summed E-state index contributed by atoms with van der Waals surface area (Å²) in [7, 11) is 0. The van der Waals surface area contributed by atoms with Gasteiger partial charge in [-0.05, 0) is 24.3 Å². The highest BCUT2D eigenvalue weighted by atomic mass is 35.5. The third-order valence-electron chi connectivity index (χ3n) is 3.03. The van der Waals surface area contributed by atoms with Gasteiger partial charge in [0, 0.05) is 5.02 Å². The SMILES string of the molecule is O=C1CSC(=S)N1/N=C\c1ccc(COc2c(Cl)cc(Cl)cc2Cl)o1. The fourth-order valence-corrected chi connectivity index (χ4v) is 3.82. The van der Waals surface area contributed by atoms with E-state index in [1.165, 1.54) is 23.0 Å². The van der Waals surface area contributed by atoms with Gasteiger partial charge in [-0.2, -0.15) is 10.1 Å². The minimum atomic E-state index is -0.159. The molecule has 0 bridgehead atoms. The van der Waals surface area contributed by atoms with E-state index in [2.05, 4.69) is 5.10 Å². The second kappa shape index (κ2) is 7.97. The number of ether oxygens (including phenoxy) is 1. The standard InChI is InChI=1S/C15H9Cl3N2O3S2/c16-8-3-11(17)14(12(18)4-8)22-6-10-2-1-9(23-10)5-19-20-13(21)7-25-15(20)24/h1-5H,6-7H2/b19-5-. The number of halogens is 3. The lowest BCUT2D eigenvalue weighted by Crippen LogP contribution is -2.22. The number of thiocarbonyl (C=S) groups is 1. The van der Waals surface area contributed by atoms with Gasteiger partial charge in [0.25, 0.3) is 5.91 Å². The van der Waals surface area contributed by atoms with Crippen molar-refractivity contribution in [1.29, 1.82) is 0 Å². The summed E-state index contributed by atoms with van der Waals surface area (Å²) >= 11 is 24.3. The zero-order chi connectivity index (χ0) is 18.0. The van der Waals surface area contributed by atoms with Crippen molar-refractivity contribution in [2.45, 2.75) is 6.61 Å². The Morgan fingerprint density at radius 1 is 1.32 bits per heavy atom. The Hall–Kier alpha value is -1.25. The zero-order valence-electron chi connectivity index (χ0n) is 12.4. The van der Waals surface area contributed by atoms with Crippen LogP contribution in [-0.4, -0.2) is 27.2 Å². The van der Waals surface area contributed by atoms with E-state index in [0.29, 0.717) is 42.4 Å². The van der Waals surface area contributed by atoms with Crippen LogP contribution in [0.1, 0.15) is 11.5 Å². The summed E-state index contributed by atoms with van der Waals surface area (Å²) in [5.41, 5.74) is 0. The number of thioether (sulfide) groups is 1. The summed E-state index contributed by atoms with van der Waals surface area (Å²) in [6.07, 6.45) is 1.42. The summed E-state index contributed by atoms with van der Waals surface area (Å²) in [6, 6.07) is 6.50. The second-order valence-electron chi connectivity index (χ2n) is 4.80. The van der Waals surface area contributed by atoms with Crippen LogP contribution in [0.2, 0.25) is 15.1 Å². The van der Waals surface area contributed by atoms with E-state index in [1.807, 2.05) is 0 Å². The quantitative estimate of drug-likeness (QED) is 0.488. The van der Waals surface area contributed by atoms with E-state index in [-0.39, 0.29) is 12.5 Å². The number of carbonyl (C=O) groups is 1. The Labute approximate surface area is 167 Å². The Morgan fingerprint density at radius 3 is 2.68 bits per heavy atom. The van der Waals surface area contributed by atoms with Crippen molar-refractivity contribution in [2.24, 2.45) is 5.10 Å². The van der Waals surface area contributed by atoms with Crippen molar-refractivity contribution in [2.75, 3.05) is 5.75 Å². The Morgan fingerprint density at radius 2 is 2.04 bits per heavy atom. The lowest BCUT2D eigenvalue weighted by molar-refractivity contribution is -0.123. The van der Waals surface area contributed by atoms with Crippen LogP contribution in [0.3, 0.4) is 0 Å². The first-order valence-electron chi connectivity index (χ1n) is 6.84. The lowest BCUT2D eigenvalue weighted by Gasteiger charge is -2.09. The minimum Gasteiger partial charge on any atom is -0.483 e. The summed E-state index contributed by atoms with van der Waals surface area (Å²) in [5.74, 6) is 1.46. The van der Waals surface area contributed by atoms with Gasteiger partial charge in [0.15, 0.2) is 10.1 Å². The van der Waals surface area contributed by atoms with Gasteiger partial charge in [-0.3, -0.25) is 4.79 Å². The number of nitrogens with zero attached hydrogens (tertiary/aromatic N) is 2. The molecule has 0 aliphatic carbocycles. The number of hydrogen-bond donors (Lipinski definition) is 0. The van der Waals surface area contributed by atoms with E-state index in [0.717, 1.165) is 0 Å². The molecule has 2 heterocycles. The van der Waals surface area contributed by atoms with Gasteiger partial charge in [-0.1, -0.05) is 58.8 Å². The average molecular weight is 436 g/mol. The predicted octanol–water partition coefficient (Wildman–Crippen LogP) is 5.01. The molecule has 1 aliphatic heterocycles. The van der Waals surface area contributed by atoms with E-state index in [1.54, 1.807) is 24.3 Å². The van der Waals surface area contributed by atoms with Crippen LogP contribution in [0.15, 0.2) is 33.8 Å². The summed E-state index contributed by atoms with van der Waals surface area (Å²) in [4.78, 5) is 11.6. The molecule has 1 amide bonds. The van der Waals surface area contributed by atoms with Gasteiger partial charge in [0.05, 0.1) is 22.0 Å². The molecule has 1 fully saturated rings. The monoisotopic (exact) mass is 434 g/mol. The number of furan rings is 1. The van der Waals surface area contributed by atoms with E-state index in [9.17, 15) is 4.79 Å². The molecule has 2 aromatic rings. The van der Waals surface area contributed by atoms with Gasteiger partial charge in [-0.15, -0.1) is 0 Å². The number of carbonyl (C=O) groups excluding carboxylic acids is 1. The van der Waals surface area contributed by atoms with Crippen molar-refractivity contribution < 1.29 is 13.9 Å². The van der Waals surface area contributed by atoms with Crippen molar-refractivity contribution in [3.8, 4) is 5.75 Å². The number of benzene rings is 1. The van der Waals surface area contributed by atoms with Crippen molar-refractivity contribution in [3.05, 3.63) is 50.9 Å². The normalized spacial score (nSPS) is 14.8. The molecule has 3 rings (SSSR count). The molecule has 0 N–H and O–H groups in total. The number of hydrazone groups is 1. The van der Waals surface area contributed by atoms with E-state index < -0.39 is 0 Å². The van der Waals surface area contributed by atoms with Crippen LogP contribution in [0.25, 0.3) is 0 Å². The molecular formula is C15H9Cl3N2O3S2. The van der Waals surface area contributed by atoms with Crippen LogP contribution in [0.5, 0.6) is 5.75 Å². The number of hydrogen-bond acceptors (Lipinski definition) is 6. The lowest BCUT2D eigenvalue weighted by atomic mass is 10.3. The Bertz CT molecular complexity index is 830. The summed E-state index contributed by atoms with van der Waals surface area (Å²) < 4.78 is 11.6. The zero-order valence-corrected chi connectivity index (χ0v) is 16.3. The molecule has 1 aromatic heterocycles. The van der Waals surface area contributed by atoms with Gasteiger partial charge in [0.1, 0.15) is 18.1 Å². The molecule has 1 aliphatic rings. The minimum absolute atomic E-state index is 0.117. The number of rotatable bonds is 5. The first-order chi connectivity index (χ1) is 11.9. The van der Waals surface area contributed by atoms with Gasteiger partial charge < -0.3 is 9.15 Å². The molecule has 1 aromatic carbocycles. The highest BCUT2D eigenvalue weighted by Gasteiger charge is 2.26. The van der Waals surface area contributed by atoms with Crippen LogP contribution in [0, 0.1) is 0 Å². The highest BCUT2D eigenvalue weighted by molar-refractivity contribution is 8.23. The second-order valence-corrected chi connectivity index (χ2v) is 7.66. The third kappa shape index (κ3) is 4.48. The van der Waals surface area contributed by atoms with Crippen LogP contribution < -0.4 is 4.74 Å². The molecule has 0 spiro atoms. The highest BCUT2D eigenvalue weighted by Crippen LogP contribution is 2.36. The maximum absolute atomic E-state index is 11.6. The van der Waals surface area contributed by atoms with E-state index >= 15 is 0 Å². The smallest absolute Gasteiger partial charge is 0.259 e. The molecule has 0 unspecified atom stereocenters. The van der Waals surface area contributed by atoms with E-state index in [4.69, 9.17) is 56.2 Å². The van der Waals surface area contributed by atoms with Gasteiger partial charge in [0.2, 0.25) is 0 Å². The van der Waals surface area contributed by atoms with Crippen LogP contribution >= 0.6 is 58.8 Å². The fourth-order valence-electron chi connectivity index (χ4n) is 1.93. The topological polar surface area (TPSA) is 55.0 Å². The summed E-state index contributed by atoms with van der Waals surface area (Å²) in [6.45, 7) is 0.117. The molecule has 5 nitrogen and oxygen atoms in total. The molecule has 25 heavy (non-hydrogen) atoms. The molecule has 0 saturated carbocycles. The maximum atomic E-state index is 11.6. The molecular weight excluding hydrogens is 427 g/mol. The third-order valence-corrected chi connectivity index (χ3v) is 5.15. The molecule has 1 saturated heterocycles. The van der Waals surface area contributed by atoms with Crippen molar-refractivity contribution >= 4 is 75.2 Å². The Kier molecular flexibility index (Phi) is 5.91.